The molecule has 0 aliphatic heterocycles. The van der Waals surface area contributed by atoms with Crippen molar-refractivity contribution in [3.8, 4) is 0 Å². The lowest BCUT2D eigenvalue weighted by Crippen LogP contribution is -1.95. The van der Waals surface area contributed by atoms with Crippen LogP contribution < -0.4 is 0 Å². The molecule has 2 aliphatic carbocycles. The van der Waals surface area contributed by atoms with E-state index < -0.39 is 0 Å². The predicted molar refractivity (Wildman–Crippen MR) is 53.2 cm³/mol. The molecule has 0 N–H and O–H groups in total. The molecule has 0 aromatic carbocycles. The number of aldehydes is 1. The van der Waals surface area contributed by atoms with Gasteiger partial charge in [0.1, 0.15) is 6.29 Å². The lowest BCUT2D eigenvalue weighted by Gasteiger charge is -2.10. The Hall–Kier alpha value is -1.63. The van der Waals surface area contributed by atoms with E-state index in [0.717, 1.165) is 29.4 Å². The van der Waals surface area contributed by atoms with Crippen LogP contribution in [0.5, 0.6) is 0 Å². The van der Waals surface area contributed by atoms with Crippen LogP contribution in [-0.4, -0.2) is 6.29 Å². The van der Waals surface area contributed by atoms with Crippen LogP contribution in [0.4, 0.5) is 0 Å². The minimum Gasteiger partial charge on any atom is -0.298 e. The van der Waals surface area contributed by atoms with E-state index in [1.54, 1.807) is 0 Å². The van der Waals surface area contributed by atoms with Gasteiger partial charge in [0, 0.05) is 5.57 Å². The summed E-state index contributed by atoms with van der Waals surface area (Å²) in [6.45, 7) is 0. The van der Waals surface area contributed by atoms with Crippen molar-refractivity contribution in [2.75, 3.05) is 0 Å². The number of carbonyl (C=O) groups excluding carboxylic acids is 1. The van der Waals surface area contributed by atoms with Gasteiger partial charge in [-0.25, -0.2) is 0 Å². The molecule has 0 aromatic heterocycles. The number of hydrogen-bond acceptors (Lipinski definition) is 1. The topological polar surface area (TPSA) is 17.1 Å². The Bertz CT molecular complexity index is 376. The van der Waals surface area contributed by atoms with Gasteiger partial charge in [0.25, 0.3) is 0 Å². The molecule has 0 atom stereocenters. The van der Waals surface area contributed by atoms with Crippen molar-refractivity contribution in [3.63, 3.8) is 0 Å². The summed E-state index contributed by atoms with van der Waals surface area (Å²) in [6.07, 6.45) is 15.7. The highest BCUT2D eigenvalue weighted by molar-refractivity contribution is 5.82. The van der Waals surface area contributed by atoms with Crippen LogP contribution in [0.3, 0.4) is 0 Å². The molecule has 1 heteroatoms. The summed E-state index contributed by atoms with van der Waals surface area (Å²) in [5.74, 6) is 0. The average Bonchev–Trinajstić information content (AvgIpc) is 2.39. The Morgan fingerprint density at radius 3 is 2.85 bits per heavy atom. The Morgan fingerprint density at radius 2 is 2.00 bits per heavy atom. The third-order valence-corrected chi connectivity index (χ3v) is 2.22. The molecule has 0 heterocycles. The lowest BCUT2D eigenvalue weighted by molar-refractivity contribution is -0.104. The first-order chi connectivity index (χ1) is 6.42. The van der Waals surface area contributed by atoms with Crippen LogP contribution in [0.15, 0.2) is 59.3 Å². The molecule has 13 heavy (non-hydrogen) atoms. The van der Waals surface area contributed by atoms with Crippen LogP contribution in [-0.2, 0) is 4.79 Å². The minimum absolute atomic E-state index is 0.792. The van der Waals surface area contributed by atoms with Crippen molar-refractivity contribution < 1.29 is 4.79 Å². The van der Waals surface area contributed by atoms with Crippen LogP contribution in [0.1, 0.15) is 6.42 Å². The van der Waals surface area contributed by atoms with Gasteiger partial charge in [-0.05, 0) is 17.6 Å². The highest BCUT2D eigenvalue weighted by Gasteiger charge is 2.09. The van der Waals surface area contributed by atoms with Gasteiger partial charge in [-0.1, -0.05) is 42.5 Å². The van der Waals surface area contributed by atoms with Crippen LogP contribution in [0, 0.1) is 0 Å². The normalized spacial score (nSPS) is 19.5. The maximum Gasteiger partial charge on any atom is 0.150 e. The van der Waals surface area contributed by atoms with Gasteiger partial charge in [0.2, 0.25) is 0 Å². The Morgan fingerprint density at radius 1 is 1.15 bits per heavy atom. The largest absolute Gasteiger partial charge is 0.298 e. The van der Waals surface area contributed by atoms with Crippen molar-refractivity contribution >= 4 is 6.29 Å². The van der Waals surface area contributed by atoms with Gasteiger partial charge < -0.3 is 0 Å². The van der Waals surface area contributed by atoms with E-state index in [1.165, 1.54) is 0 Å². The third kappa shape index (κ3) is 1.45. The molecule has 0 spiro atoms. The van der Waals surface area contributed by atoms with Gasteiger partial charge in [-0.3, -0.25) is 4.79 Å². The van der Waals surface area contributed by atoms with Crippen molar-refractivity contribution in [2.24, 2.45) is 0 Å². The van der Waals surface area contributed by atoms with E-state index in [9.17, 15) is 4.79 Å². The van der Waals surface area contributed by atoms with Crippen LogP contribution in [0.2, 0.25) is 0 Å². The maximum absolute atomic E-state index is 10.8. The van der Waals surface area contributed by atoms with E-state index in [1.807, 2.05) is 36.5 Å². The Labute approximate surface area is 77.5 Å². The third-order valence-electron chi connectivity index (χ3n) is 2.22. The molecule has 0 unspecified atom stereocenters. The fourth-order valence-corrected chi connectivity index (χ4v) is 1.55. The van der Waals surface area contributed by atoms with Gasteiger partial charge >= 0.3 is 0 Å². The lowest BCUT2D eigenvalue weighted by atomic mass is 9.94. The second-order valence-corrected chi connectivity index (χ2v) is 3.02. The first-order valence-corrected chi connectivity index (χ1v) is 4.32. The molecular weight excluding hydrogens is 160 g/mol. The standard InChI is InChI=1S/C12H10O/c13-9-11-7-2-1-5-10-6-3-4-8-12(10)11/h1-7,9H,8H2. The number of carbonyl (C=O) groups is 1. The SMILES string of the molecule is O=CC1=C2CC=CC=C2C=CC=C1. The monoisotopic (exact) mass is 170 g/mol. The van der Waals surface area contributed by atoms with E-state index in [2.05, 4.69) is 6.08 Å². The first kappa shape index (κ1) is 7.99. The molecular formula is C12H10O. The average molecular weight is 170 g/mol. The quantitative estimate of drug-likeness (QED) is 0.552. The van der Waals surface area contributed by atoms with E-state index in [0.29, 0.717) is 0 Å². The number of fused-ring (bicyclic) bond motifs is 1. The number of allylic oxidation sites excluding steroid dienone is 10. The van der Waals surface area contributed by atoms with Gasteiger partial charge in [-0.15, -0.1) is 0 Å². The van der Waals surface area contributed by atoms with Crippen molar-refractivity contribution in [2.45, 2.75) is 6.42 Å². The molecule has 0 radical (unpaired) electrons. The molecule has 2 aliphatic rings. The molecule has 2 rings (SSSR count). The van der Waals surface area contributed by atoms with Gasteiger partial charge in [-0.2, -0.15) is 0 Å². The maximum atomic E-state index is 10.8. The zero-order valence-corrected chi connectivity index (χ0v) is 7.23. The zero-order valence-electron chi connectivity index (χ0n) is 7.23. The van der Waals surface area contributed by atoms with Crippen LogP contribution in [0.25, 0.3) is 0 Å². The Balaban J connectivity index is 2.55. The molecule has 0 saturated carbocycles. The summed E-state index contributed by atoms with van der Waals surface area (Å²) in [5.41, 5.74) is 3.07. The molecule has 0 aromatic rings. The van der Waals surface area contributed by atoms with E-state index in [4.69, 9.17) is 0 Å². The van der Waals surface area contributed by atoms with Crippen molar-refractivity contribution in [1.82, 2.24) is 0 Å². The Kier molecular flexibility index (Phi) is 2.09. The molecule has 1 nitrogen and oxygen atoms in total. The smallest absolute Gasteiger partial charge is 0.150 e. The predicted octanol–water partition coefficient (Wildman–Crippen LogP) is 2.49. The second kappa shape index (κ2) is 3.40. The fourth-order valence-electron chi connectivity index (χ4n) is 1.55. The van der Waals surface area contributed by atoms with E-state index >= 15 is 0 Å². The van der Waals surface area contributed by atoms with Crippen LogP contribution >= 0.6 is 0 Å². The molecule has 0 saturated heterocycles. The second-order valence-electron chi connectivity index (χ2n) is 3.02. The summed E-state index contributed by atoms with van der Waals surface area (Å²) in [7, 11) is 0. The fraction of sp³-hybridized carbons (Fsp3) is 0.0833. The number of rotatable bonds is 1. The van der Waals surface area contributed by atoms with Crippen molar-refractivity contribution in [1.29, 1.82) is 0 Å². The molecule has 64 valence electrons. The summed E-state index contributed by atoms with van der Waals surface area (Å²) in [6, 6.07) is 0. The summed E-state index contributed by atoms with van der Waals surface area (Å²) < 4.78 is 0. The number of hydrogen-bond donors (Lipinski definition) is 0. The first-order valence-electron chi connectivity index (χ1n) is 4.32. The molecule has 0 fully saturated rings. The van der Waals surface area contributed by atoms with Gasteiger partial charge in [0.05, 0.1) is 0 Å². The summed E-state index contributed by atoms with van der Waals surface area (Å²) >= 11 is 0. The molecule has 0 amide bonds. The van der Waals surface area contributed by atoms with E-state index in [-0.39, 0.29) is 0 Å². The minimum atomic E-state index is 0.792. The van der Waals surface area contributed by atoms with Crippen molar-refractivity contribution in [3.05, 3.63) is 59.3 Å². The highest BCUT2D eigenvalue weighted by Crippen LogP contribution is 2.25. The highest BCUT2D eigenvalue weighted by atomic mass is 16.1. The van der Waals surface area contributed by atoms with Gasteiger partial charge in [0.15, 0.2) is 0 Å². The zero-order chi connectivity index (χ0) is 9.10. The molecule has 0 bridgehead atoms. The summed E-state index contributed by atoms with van der Waals surface area (Å²) in [5, 5.41) is 0. The summed E-state index contributed by atoms with van der Waals surface area (Å²) in [4.78, 5) is 10.8.